The third kappa shape index (κ3) is 6.94. The zero-order valence-corrected chi connectivity index (χ0v) is 22.9. The molecule has 204 valence electrons. The molecule has 2 heterocycles. The molecule has 0 radical (unpaired) electrons. The van der Waals surface area contributed by atoms with E-state index < -0.39 is 12.1 Å². The molecule has 2 aliphatic rings. The van der Waals surface area contributed by atoms with Gasteiger partial charge >= 0.3 is 5.97 Å². The number of pyridine rings is 1. The van der Waals surface area contributed by atoms with Gasteiger partial charge in [-0.15, -0.1) is 0 Å². The maximum absolute atomic E-state index is 11.9. The van der Waals surface area contributed by atoms with Crippen LogP contribution < -0.4 is 9.64 Å². The number of carboxylic acid groups (broad SMARTS) is 1. The minimum Gasteiger partial charge on any atom is -0.497 e. The smallest absolute Gasteiger partial charge is 0.303 e. The van der Waals surface area contributed by atoms with E-state index in [1.54, 1.807) is 7.11 Å². The molecule has 0 spiro atoms. The van der Waals surface area contributed by atoms with Gasteiger partial charge in [0.05, 0.1) is 37.0 Å². The predicted molar refractivity (Wildman–Crippen MR) is 148 cm³/mol. The molecule has 0 unspecified atom stereocenters. The van der Waals surface area contributed by atoms with Crippen LogP contribution in [0.15, 0.2) is 24.4 Å². The molecule has 1 aromatic heterocycles. The normalized spacial score (nSPS) is 19.6. The second-order valence-corrected chi connectivity index (χ2v) is 11.6. The Bertz CT molecular complexity index is 1040. The third-order valence-electron chi connectivity index (χ3n) is 8.88. The Balaban J connectivity index is 1.45. The Labute approximate surface area is 221 Å². The van der Waals surface area contributed by atoms with Crippen molar-refractivity contribution in [3.8, 4) is 5.75 Å². The number of aliphatic carboxylic acids is 1. The molecular formula is C30H45N3O4. The number of hydrogen-bond donors (Lipinski definition) is 2. The minimum absolute atomic E-state index is 0.168. The molecular weight excluding hydrogens is 466 g/mol. The van der Waals surface area contributed by atoms with E-state index in [1.807, 2.05) is 43.4 Å². The molecule has 7 nitrogen and oxygen atoms in total. The first-order valence-electron chi connectivity index (χ1n) is 14.1. The molecule has 1 atom stereocenters. The number of aromatic nitrogens is 1. The van der Waals surface area contributed by atoms with Crippen LogP contribution in [-0.2, 0) is 4.79 Å². The molecule has 1 aliphatic carbocycles. The van der Waals surface area contributed by atoms with Crippen molar-refractivity contribution in [2.24, 2.45) is 11.3 Å². The SMILES string of the molecule is COc1ccc2ncc(N(C)C)c([C@H](O)CCC3(CC(=O)O)CCN(CCC4CCCCC4)CC3)c2c1. The van der Waals surface area contributed by atoms with Gasteiger partial charge in [-0.25, -0.2) is 0 Å². The first-order chi connectivity index (χ1) is 17.8. The predicted octanol–water partition coefficient (Wildman–Crippen LogP) is 5.65. The summed E-state index contributed by atoms with van der Waals surface area (Å²) >= 11 is 0. The number of ether oxygens (including phenoxy) is 1. The zero-order valence-electron chi connectivity index (χ0n) is 22.9. The van der Waals surface area contributed by atoms with E-state index in [0.717, 1.165) is 66.3 Å². The van der Waals surface area contributed by atoms with E-state index in [-0.39, 0.29) is 11.8 Å². The Morgan fingerprint density at radius 3 is 2.59 bits per heavy atom. The highest BCUT2D eigenvalue weighted by Gasteiger charge is 2.37. The molecule has 37 heavy (non-hydrogen) atoms. The summed E-state index contributed by atoms with van der Waals surface area (Å²) in [5.41, 5.74) is 2.25. The van der Waals surface area contributed by atoms with Crippen LogP contribution in [0.25, 0.3) is 10.9 Å². The number of aliphatic hydroxyl groups excluding tert-OH is 1. The van der Waals surface area contributed by atoms with Gasteiger partial charge in [-0.1, -0.05) is 32.1 Å². The lowest BCUT2D eigenvalue weighted by Gasteiger charge is -2.42. The molecule has 2 N–H and O–H groups in total. The number of benzene rings is 1. The van der Waals surface area contributed by atoms with Crippen LogP contribution in [0.3, 0.4) is 0 Å². The van der Waals surface area contributed by atoms with Crippen molar-refractivity contribution in [3.63, 3.8) is 0 Å². The van der Waals surface area contributed by atoms with Gasteiger partial charge in [-0.2, -0.15) is 0 Å². The molecule has 1 aliphatic heterocycles. The van der Waals surface area contributed by atoms with Crippen LogP contribution in [0.4, 0.5) is 5.69 Å². The van der Waals surface area contributed by atoms with Crippen molar-refractivity contribution < 1.29 is 19.7 Å². The van der Waals surface area contributed by atoms with Gasteiger partial charge in [0.1, 0.15) is 5.75 Å². The van der Waals surface area contributed by atoms with Crippen molar-refractivity contribution >= 4 is 22.6 Å². The second kappa shape index (κ2) is 12.4. The van der Waals surface area contributed by atoms with Crippen LogP contribution in [0.1, 0.15) is 82.3 Å². The van der Waals surface area contributed by atoms with Gasteiger partial charge in [-0.05, 0) is 81.3 Å². The van der Waals surface area contributed by atoms with Crippen molar-refractivity contribution in [3.05, 3.63) is 30.0 Å². The molecule has 1 aromatic carbocycles. The number of carbonyl (C=O) groups is 1. The number of anilines is 1. The van der Waals surface area contributed by atoms with Gasteiger partial charge in [-0.3, -0.25) is 9.78 Å². The van der Waals surface area contributed by atoms with Gasteiger partial charge < -0.3 is 24.7 Å². The molecule has 0 amide bonds. The topological polar surface area (TPSA) is 86.1 Å². The number of rotatable bonds is 11. The quantitative estimate of drug-likeness (QED) is 0.403. The zero-order chi connectivity index (χ0) is 26.4. The first-order valence-corrected chi connectivity index (χ1v) is 14.1. The highest BCUT2D eigenvalue weighted by Crippen LogP contribution is 2.43. The fraction of sp³-hybridized carbons (Fsp3) is 0.667. The lowest BCUT2D eigenvalue weighted by molar-refractivity contribution is -0.141. The molecule has 2 aromatic rings. The van der Waals surface area contributed by atoms with E-state index in [9.17, 15) is 15.0 Å². The van der Waals surface area contributed by atoms with E-state index in [2.05, 4.69) is 9.88 Å². The highest BCUT2D eigenvalue weighted by atomic mass is 16.5. The fourth-order valence-corrected chi connectivity index (χ4v) is 6.53. The number of methoxy groups -OCH3 is 1. The molecule has 1 saturated carbocycles. The summed E-state index contributed by atoms with van der Waals surface area (Å²) in [5, 5.41) is 22.2. The largest absolute Gasteiger partial charge is 0.497 e. The Kier molecular flexibility index (Phi) is 9.30. The summed E-state index contributed by atoms with van der Waals surface area (Å²) < 4.78 is 5.45. The number of nitrogens with zero attached hydrogens (tertiary/aromatic N) is 3. The van der Waals surface area contributed by atoms with E-state index in [0.29, 0.717) is 12.8 Å². The average molecular weight is 512 g/mol. The van der Waals surface area contributed by atoms with E-state index >= 15 is 0 Å². The first kappa shape index (κ1) is 27.6. The number of carboxylic acids is 1. The van der Waals surface area contributed by atoms with Crippen molar-refractivity contribution in [1.29, 1.82) is 0 Å². The summed E-state index contributed by atoms with van der Waals surface area (Å²) in [6.07, 6.45) is 12.4. The minimum atomic E-state index is -0.738. The molecule has 0 bridgehead atoms. The van der Waals surface area contributed by atoms with E-state index in [1.165, 1.54) is 38.5 Å². The summed E-state index contributed by atoms with van der Waals surface area (Å²) in [6, 6.07) is 5.73. The Morgan fingerprint density at radius 2 is 1.95 bits per heavy atom. The molecule has 7 heteroatoms. The summed E-state index contributed by atoms with van der Waals surface area (Å²) in [4.78, 5) is 21.0. The summed E-state index contributed by atoms with van der Waals surface area (Å²) in [5.74, 6) is 0.856. The van der Waals surface area contributed by atoms with Crippen LogP contribution in [0.2, 0.25) is 0 Å². The van der Waals surface area contributed by atoms with Gasteiger partial charge in [0, 0.05) is 25.0 Å². The monoisotopic (exact) mass is 511 g/mol. The van der Waals surface area contributed by atoms with Crippen molar-refractivity contribution in [1.82, 2.24) is 9.88 Å². The number of aliphatic hydroxyl groups is 1. The highest BCUT2D eigenvalue weighted by molar-refractivity contribution is 5.88. The van der Waals surface area contributed by atoms with Gasteiger partial charge in [0.25, 0.3) is 0 Å². The number of fused-ring (bicyclic) bond motifs is 1. The molecule has 4 rings (SSSR count). The Morgan fingerprint density at radius 1 is 1.22 bits per heavy atom. The standard InChI is InChI=1S/C30H45N3O4/c1-32(2)26-21-31-25-10-9-23(37-3)19-24(25)29(26)27(34)11-13-30(20-28(35)36)14-17-33(18-15-30)16-12-22-7-5-4-6-8-22/h9-10,19,21-22,27,34H,4-8,11-18,20H2,1-3H3,(H,35,36)/t27-/m1/s1. The summed E-state index contributed by atoms with van der Waals surface area (Å²) in [7, 11) is 5.54. The maximum Gasteiger partial charge on any atom is 0.303 e. The van der Waals surface area contributed by atoms with Gasteiger partial charge in [0.15, 0.2) is 0 Å². The van der Waals surface area contributed by atoms with Crippen LogP contribution in [0.5, 0.6) is 5.75 Å². The van der Waals surface area contributed by atoms with Crippen LogP contribution in [-0.4, -0.2) is 66.9 Å². The lowest BCUT2D eigenvalue weighted by Crippen LogP contribution is -2.42. The van der Waals surface area contributed by atoms with E-state index in [4.69, 9.17) is 4.74 Å². The fourth-order valence-electron chi connectivity index (χ4n) is 6.53. The van der Waals surface area contributed by atoms with Crippen LogP contribution in [0, 0.1) is 11.3 Å². The lowest BCUT2D eigenvalue weighted by atomic mass is 9.71. The van der Waals surface area contributed by atoms with Crippen molar-refractivity contribution in [2.45, 2.75) is 76.7 Å². The number of likely N-dealkylation sites (tertiary alicyclic amines) is 1. The number of piperidine rings is 1. The van der Waals surface area contributed by atoms with Gasteiger partial charge in [0.2, 0.25) is 0 Å². The average Bonchev–Trinajstić information content (AvgIpc) is 2.90. The third-order valence-corrected chi connectivity index (χ3v) is 8.88. The molecule has 2 fully saturated rings. The summed E-state index contributed by atoms with van der Waals surface area (Å²) in [6.45, 7) is 3.04. The second-order valence-electron chi connectivity index (χ2n) is 11.6. The number of hydrogen-bond acceptors (Lipinski definition) is 6. The maximum atomic E-state index is 11.9. The van der Waals surface area contributed by atoms with Crippen LogP contribution >= 0.6 is 0 Å². The van der Waals surface area contributed by atoms with Crippen molar-refractivity contribution in [2.75, 3.05) is 45.7 Å². The Hall–Kier alpha value is -2.38. The molecule has 1 saturated heterocycles.